The Kier molecular flexibility index (Phi) is 19.6. The molecule has 0 saturated heterocycles. The predicted octanol–water partition coefficient (Wildman–Crippen LogP) is 11.3. The molecule has 0 amide bonds. The standard InChI is InChI=1S/C58H74O12Si2/c1-71(2,59)37-11-23-67-53-21-25-65-47-19-17-45-39-51(43-13-7-5-8-14-43)57-55(49(45)41-47)56-50-42-48(66-26-22-54(53)68-24-12-38-72(3,4)60)20-18-46(50)40-52(44-15-9-6-10-16-44)58(56)70-36-34-64-32-30-62-28-27-61-29-31-63-33-35-69-57/h5-10,13-20,39-42,53-54,59-60H,11-12,21-38H2,1-4H3/t53-,54-/m1/s1. The highest BCUT2D eigenvalue weighted by molar-refractivity contribution is 6.70. The summed E-state index contributed by atoms with van der Waals surface area (Å²) in [5.41, 5.74) is 5.56. The molecule has 0 aromatic heterocycles. The van der Waals surface area contributed by atoms with Crippen LogP contribution in [0.25, 0.3) is 54.9 Å². The highest BCUT2D eigenvalue weighted by atomic mass is 28.4. The van der Waals surface area contributed by atoms with E-state index in [0.717, 1.165) is 79.9 Å². The van der Waals surface area contributed by atoms with Crippen LogP contribution in [-0.2, 0) is 28.4 Å². The summed E-state index contributed by atoms with van der Waals surface area (Å²) in [6, 6.07) is 39.2. The Balaban J connectivity index is 1.31. The minimum atomic E-state index is -2.26. The van der Waals surface area contributed by atoms with Gasteiger partial charge >= 0.3 is 0 Å². The Morgan fingerprint density at radius 1 is 0.444 bits per heavy atom. The topological polar surface area (TPSA) is 133 Å². The Hall–Kier alpha value is -4.85. The van der Waals surface area contributed by atoms with E-state index in [9.17, 15) is 9.59 Å². The van der Waals surface area contributed by atoms with Gasteiger partial charge in [0.15, 0.2) is 16.6 Å². The normalized spacial score (nSPS) is 18.3. The molecule has 8 rings (SSSR count). The zero-order valence-corrected chi connectivity index (χ0v) is 44.7. The Bertz CT molecular complexity index is 2440. The minimum Gasteiger partial charge on any atom is -0.493 e. The number of rotatable bonds is 12. The summed E-state index contributed by atoms with van der Waals surface area (Å²) in [7, 11) is -4.52. The molecule has 0 unspecified atom stereocenters. The highest BCUT2D eigenvalue weighted by Crippen LogP contribution is 2.53. The molecule has 4 bridgehead atoms. The molecular formula is C58H74O12Si2. The van der Waals surface area contributed by atoms with Crippen molar-refractivity contribution >= 4 is 38.2 Å². The van der Waals surface area contributed by atoms with Gasteiger partial charge in [0, 0.05) is 48.3 Å². The van der Waals surface area contributed by atoms with Crippen molar-refractivity contribution in [2.75, 3.05) is 92.5 Å². The van der Waals surface area contributed by atoms with E-state index in [4.69, 9.17) is 47.4 Å². The van der Waals surface area contributed by atoms with Crippen molar-refractivity contribution in [3.63, 3.8) is 0 Å². The molecule has 0 saturated carbocycles. The zero-order valence-electron chi connectivity index (χ0n) is 42.7. The van der Waals surface area contributed by atoms with Crippen LogP contribution in [0.4, 0.5) is 0 Å². The van der Waals surface area contributed by atoms with Crippen molar-refractivity contribution in [2.45, 2.75) is 76.2 Å². The van der Waals surface area contributed by atoms with Crippen molar-refractivity contribution in [1.82, 2.24) is 0 Å². The summed E-state index contributed by atoms with van der Waals surface area (Å²) in [6.45, 7) is 13.4. The van der Waals surface area contributed by atoms with Gasteiger partial charge in [0.2, 0.25) is 0 Å². The molecule has 386 valence electrons. The van der Waals surface area contributed by atoms with Gasteiger partial charge in [0.25, 0.3) is 0 Å². The maximum absolute atomic E-state index is 10.6. The number of fused-ring (bicyclic) bond motifs is 2. The predicted molar refractivity (Wildman–Crippen MR) is 290 cm³/mol. The van der Waals surface area contributed by atoms with Gasteiger partial charge in [-0.3, -0.25) is 0 Å². The minimum absolute atomic E-state index is 0.272. The van der Waals surface area contributed by atoms with Crippen LogP contribution >= 0.6 is 0 Å². The number of hydrogen-bond acceptors (Lipinski definition) is 12. The molecule has 0 aliphatic carbocycles. The van der Waals surface area contributed by atoms with Gasteiger partial charge in [-0.15, -0.1) is 0 Å². The molecule has 2 atom stereocenters. The summed E-state index contributed by atoms with van der Waals surface area (Å²) in [6.07, 6.45) is 2.02. The van der Waals surface area contributed by atoms with Gasteiger partial charge in [-0.05, 0) is 120 Å². The monoisotopic (exact) mass is 1020 g/mol. The molecule has 2 N–H and O–H groups in total. The van der Waals surface area contributed by atoms with Crippen LogP contribution in [0.5, 0.6) is 23.0 Å². The molecule has 0 spiro atoms. The number of ether oxygens (including phenoxy) is 10. The van der Waals surface area contributed by atoms with Crippen molar-refractivity contribution in [3.05, 3.63) is 109 Å². The van der Waals surface area contributed by atoms with Crippen LogP contribution in [0.1, 0.15) is 25.7 Å². The van der Waals surface area contributed by atoms with Crippen LogP contribution in [0.2, 0.25) is 38.3 Å². The fraction of sp³-hybridized carbons (Fsp3) is 0.448. The average Bonchev–Trinajstić information content (AvgIpc) is 3.36. The second kappa shape index (κ2) is 26.4. The lowest BCUT2D eigenvalue weighted by Gasteiger charge is -2.29. The first-order valence-electron chi connectivity index (χ1n) is 25.8. The van der Waals surface area contributed by atoms with E-state index >= 15 is 0 Å². The van der Waals surface area contributed by atoms with E-state index in [-0.39, 0.29) is 25.4 Å². The fourth-order valence-electron chi connectivity index (χ4n) is 9.34. The molecule has 0 fully saturated rings. The molecule has 6 aromatic rings. The zero-order chi connectivity index (χ0) is 50.2. The molecule has 2 aliphatic rings. The smallest absolute Gasteiger partial charge is 0.182 e. The van der Waals surface area contributed by atoms with Crippen molar-refractivity contribution in [1.29, 1.82) is 0 Å². The van der Waals surface area contributed by atoms with Crippen LogP contribution in [-0.4, -0.2) is 131 Å². The number of hydrogen-bond donors (Lipinski definition) is 2. The van der Waals surface area contributed by atoms with E-state index in [2.05, 4.69) is 84.9 Å². The van der Waals surface area contributed by atoms with E-state index in [0.29, 0.717) is 115 Å². The van der Waals surface area contributed by atoms with Crippen LogP contribution < -0.4 is 18.9 Å². The second-order valence-electron chi connectivity index (χ2n) is 19.8. The largest absolute Gasteiger partial charge is 0.493 e. The first-order valence-corrected chi connectivity index (χ1v) is 32.1. The summed E-state index contributed by atoms with van der Waals surface area (Å²) in [5.74, 6) is 2.77. The van der Waals surface area contributed by atoms with Crippen molar-refractivity contribution in [3.8, 4) is 56.4 Å². The molecule has 14 heteroatoms. The summed E-state index contributed by atoms with van der Waals surface area (Å²) in [5, 5.41) is 3.82. The van der Waals surface area contributed by atoms with Crippen molar-refractivity contribution < 1.29 is 57.0 Å². The lowest BCUT2D eigenvalue weighted by atomic mass is 9.86. The molecular weight excluding hydrogens is 945 g/mol. The highest BCUT2D eigenvalue weighted by Gasteiger charge is 2.29. The van der Waals surface area contributed by atoms with E-state index in [1.54, 1.807) is 0 Å². The maximum atomic E-state index is 10.6. The van der Waals surface area contributed by atoms with Gasteiger partial charge in [-0.25, -0.2) is 0 Å². The van der Waals surface area contributed by atoms with Crippen molar-refractivity contribution in [2.24, 2.45) is 0 Å². The molecule has 72 heavy (non-hydrogen) atoms. The Labute approximate surface area is 427 Å². The van der Waals surface area contributed by atoms with E-state index < -0.39 is 16.6 Å². The molecule has 2 aliphatic heterocycles. The van der Waals surface area contributed by atoms with Crippen LogP contribution in [0.3, 0.4) is 0 Å². The van der Waals surface area contributed by atoms with Crippen LogP contribution in [0, 0.1) is 0 Å². The Morgan fingerprint density at radius 3 is 1.19 bits per heavy atom. The average molecular weight is 1020 g/mol. The van der Waals surface area contributed by atoms with Crippen LogP contribution in [0.15, 0.2) is 109 Å². The summed E-state index contributed by atoms with van der Waals surface area (Å²) >= 11 is 0. The Morgan fingerprint density at radius 2 is 0.819 bits per heavy atom. The third kappa shape index (κ3) is 15.4. The van der Waals surface area contributed by atoms with Gasteiger partial charge in [0.1, 0.15) is 36.2 Å². The van der Waals surface area contributed by atoms with Gasteiger partial charge in [-0.1, -0.05) is 72.8 Å². The first-order chi connectivity index (χ1) is 35.0. The summed E-state index contributed by atoms with van der Waals surface area (Å²) in [4.78, 5) is 21.3. The quantitative estimate of drug-likeness (QED) is 0.0893. The third-order valence-corrected chi connectivity index (χ3v) is 16.1. The second-order valence-corrected chi connectivity index (χ2v) is 28.1. The molecule has 2 heterocycles. The fourth-order valence-corrected chi connectivity index (χ4v) is 11.4. The molecule has 12 nitrogen and oxygen atoms in total. The van der Waals surface area contributed by atoms with E-state index in [1.807, 2.05) is 50.5 Å². The van der Waals surface area contributed by atoms with Gasteiger partial charge < -0.3 is 57.0 Å². The number of benzene rings is 6. The van der Waals surface area contributed by atoms with Gasteiger partial charge in [-0.2, -0.15) is 0 Å². The third-order valence-electron chi connectivity index (χ3n) is 12.9. The van der Waals surface area contributed by atoms with E-state index in [1.165, 1.54) is 0 Å². The lowest BCUT2D eigenvalue weighted by Crippen LogP contribution is -2.36. The maximum Gasteiger partial charge on any atom is 0.182 e. The lowest BCUT2D eigenvalue weighted by molar-refractivity contribution is -0.0862. The van der Waals surface area contributed by atoms with Gasteiger partial charge in [0.05, 0.1) is 78.3 Å². The SMILES string of the molecule is C[Si](C)(O)CCCO[C@@H]1CCOc2ccc3cc(-c4ccccc4)c4c(c3c2)-c2c(c(-c3ccccc3)cc3ccc(cc23)OCC[C@H]1OCCC[Si](C)(C)O)OCCOCCOCCOCCOCCO4. The summed E-state index contributed by atoms with van der Waals surface area (Å²) < 4.78 is 64.8. The molecule has 6 aromatic carbocycles. The molecule has 0 radical (unpaired) electrons. The first kappa shape index (κ1) is 53.4.